The van der Waals surface area contributed by atoms with Crippen molar-refractivity contribution >= 4 is 42.3 Å². The fraction of sp³-hybridized carbons (Fsp3) is 0.619. The van der Waals surface area contributed by atoms with Gasteiger partial charge in [0.2, 0.25) is 11.8 Å². The number of para-hydroxylation sites is 1. The third-order valence-electron chi connectivity index (χ3n) is 6.62. The van der Waals surface area contributed by atoms with Crippen LogP contribution in [-0.4, -0.2) is 56.0 Å². The van der Waals surface area contributed by atoms with E-state index in [1.807, 2.05) is 17.0 Å². The summed E-state index contributed by atoms with van der Waals surface area (Å²) in [5.41, 5.74) is 2.60. The largest absolute Gasteiger partial charge is 0.368 e. The maximum atomic E-state index is 12.7. The number of anilines is 1. The monoisotopic (exact) mass is 442 g/mol. The smallest absolute Gasteiger partial charge is 0.223 e. The molecule has 1 atom stereocenters. The maximum Gasteiger partial charge on any atom is 0.223 e. The van der Waals surface area contributed by atoms with E-state index in [2.05, 4.69) is 27.7 Å². The number of hydrogen-bond donors (Lipinski definition) is 2. The molecule has 4 rings (SSSR count). The lowest BCUT2D eigenvalue weighted by atomic mass is 9.92. The second-order valence-corrected chi connectivity index (χ2v) is 8.21. The Morgan fingerprint density at radius 2 is 1.76 bits per heavy atom. The number of rotatable bonds is 4. The van der Waals surface area contributed by atoms with Crippen molar-refractivity contribution in [3.05, 3.63) is 29.8 Å². The summed E-state index contributed by atoms with van der Waals surface area (Å²) in [5, 5.41) is 6.58. The van der Waals surface area contributed by atoms with Crippen molar-refractivity contribution in [2.45, 2.75) is 32.7 Å². The Bertz CT molecular complexity index is 716. The molecule has 1 saturated carbocycles. The minimum absolute atomic E-state index is 0. The highest BCUT2D eigenvalue weighted by atomic mass is 35.5. The van der Waals surface area contributed by atoms with Crippen LogP contribution in [0.4, 0.5) is 5.69 Å². The van der Waals surface area contributed by atoms with Crippen LogP contribution in [-0.2, 0) is 16.1 Å². The third kappa shape index (κ3) is 5.16. The van der Waals surface area contributed by atoms with Gasteiger partial charge in [0, 0.05) is 51.3 Å². The van der Waals surface area contributed by atoms with E-state index in [0.717, 1.165) is 64.1 Å². The molecule has 1 spiro atoms. The molecular formula is C21H32Cl2N4O2. The summed E-state index contributed by atoms with van der Waals surface area (Å²) in [7, 11) is 0. The number of halogens is 2. The van der Waals surface area contributed by atoms with E-state index in [4.69, 9.17) is 0 Å². The molecule has 0 bridgehead atoms. The molecule has 2 saturated heterocycles. The van der Waals surface area contributed by atoms with Gasteiger partial charge < -0.3 is 20.4 Å². The Morgan fingerprint density at radius 1 is 1.10 bits per heavy atom. The Kier molecular flexibility index (Phi) is 8.20. The quantitative estimate of drug-likeness (QED) is 0.749. The fourth-order valence-electron chi connectivity index (χ4n) is 4.73. The third-order valence-corrected chi connectivity index (χ3v) is 6.62. The SMILES string of the molecule is CC(=O)N1CCN(c2ccccc2CNC(=O)C2CC23CCNCC3)CC1.Cl.Cl. The summed E-state index contributed by atoms with van der Waals surface area (Å²) in [5.74, 6) is 0.561. The normalized spacial score (nSPS) is 22.3. The first-order chi connectivity index (χ1) is 13.1. The fourth-order valence-corrected chi connectivity index (χ4v) is 4.73. The lowest BCUT2D eigenvalue weighted by Gasteiger charge is -2.36. The standard InChI is InChI=1S/C21H30N4O2.2ClH/c1-16(26)24-10-12-25(13-11-24)19-5-3-2-4-17(19)15-23-20(27)18-14-21(18)6-8-22-9-7-21;;/h2-5,18,22H,6-15H2,1H3,(H,23,27);2*1H. The van der Waals surface area contributed by atoms with Crippen LogP contribution in [0, 0.1) is 11.3 Å². The van der Waals surface area contributed by atoms with Crippen molar-refractivity contribution < 1.29 is 9.59 Å². The predicted octanol–water partition coefficient (Wildman–Crippen LogP) is 2.20. The molecule has 3 fully saturated rings. The van der Waals surface area contributed by atoms with Crippen LogP contribution in [0.1, 0.15) is 31.7 Å². The first kappa shape index (κ1) is 23.8. The van der Waals surface area contributed by atoms with Crippen LogP contribution < -0.4 is 15.5 Å². The number of hydrogen-bond acceptors (Lipinski definition) is 4. The Balaban J connectivity index is 0.00000150. The molecule has 1 aromatic carbocycles. The highest BCUT2D eigenvalue weighted by molar-refractivity contribution is 5.85. The maximum absolute atomic E-state index is 12.7. The number of nitrogens with one attached hydrogen (secondary N) is 2. The molecule has 1 aromatic rings. The van der Waals surface area contributed by atoms with Gasteiger partial charge in [0.15, 0.2) is 0 Å². The van der Waals surface area contributed by atoms with Gasteiger partial charge >= 0.3 is 0 Å². The lowest BCUT2D eigenvalue weighted by molar-refractivity contribution is -0.129. The highest BCUT2D eigenvalue weighted by Gasteiger charge is 2.57. The van der Waals surface area contributed by atoms with E-state index in [1.54, 1.807) is 6.92 Å². The van der Waals surface area contributed by atoms with Crippen LogP contribution in [0.15, 0.2) is 24.3 Å². The first-order valence-electron chi connectivity index (χ1n) is 10.2. The van der Waals surface area contributed by atoms with E-state index < -0.39 is 0 Å². The number of piperazine rings is 1. The van der Waals surface area contributed by atoms with Gasteiger partial charge in [0.05, 0.1) is 0 Å². The molecule has 0 aromatic heterocycles. The van der Waals surface area contributed by atoms with E-state index in [9.17, 15) is 9.59 Å². The molecule has 29 heavy (non-hydrogen) atoms. The molecule has 2 aliphatic heterocycles. The van der Waals surface area contributed by atoms with Gasteiger partial charge in [-0.3, -0.25) is 9.59 Å². The number of piperidine rings is 1. The molecule has 6 nitrogen and oxygen atoms in total. The Labute approximate surface area is 185 Å². The minimum atomic E-state index is 0. The number of carbonyl (C=O) groups is 2. The van der Waals surface area contributed by atoms with Crippen molar-refractivity contribution in [2.24, 2.45) is 11.3 Å². The van der Waals surface area contributed by atoms with Crippen LogP contribution in [0.3, 0.4) is 0 Å². The highest BCUT2D eigenvalue weighted by Crippen LogP contribution is 2.58. The van der Waals surface area contributed by atoms with Gasteiger partial charge in [-0.2, -0.15) is 0 Å². The van der Waals surface area contributed by atoms with Gasteiger partial charge in [0.25, 0.3) is 0 Å². The van der Waals surface area contributed by atoms with Gasteiger partial charge in [-0.15, -0.1) is 24.8 Å². The molecule has 8 heteroatoms. The summed E-state index contributed by atoms with van der Waals surface area (Å²) in [4.78, 5) is 28.4. The van der Waals surface area contributed by atoms with Crippen molar-refractivity contribution in [1.82, 2.24) is 15.5 Å². The number of nitrogens with zero attached hydrogens (tertiary/aromatic N) is 2. The molecule has 0 radical (unpaired) electrons. The summed E-state index contributed by atoms with van der Waals surface area (Å²) in [6.45, 7) is 7.48. The molecule has 1 unspecified atom stereocenters. The van der Waals surface area contributed by atoms with Gasteiger partial charge in [0.1, 0.15) is 0 Å². The topological polar surface area (TPSA) is 64.7 Å². The van der Waals surface area contributed by atoms with E-state index in [-0.39, 0.29) is 48.0 Å². The zero-order chi connectivity index (χ0) is 18.9. The zero-order valence-electron chi connectivity index (χ0n) is 17.0. The van der Waals surface area contributed by atoms with Crippen molar-refractivity contribution in [3.8, 4) is 0 Å². The molecule has 3 aliphatic rings. The Morgan fingerprint density at radius 3 is 2.41 bits per heavy atom. The lowest BCUT2D eigenvalue weighted by Crippen LogP contribution is -2.48. The van der Waals surface area contributed by atoms with Crippen molar-refractivity contribution in [1.29, 1.82) is 0 Å². The van der Waals surface area contributed by atoms with Gasteiger partial charge in [-0.25, -0.2) is 0 Å². The van der Waals surface area contributed by atoms with Crippen LogP contribution in [0.5, 0.6) is 0 Å². The average Bonchev–Trinajstić information content (AvgIpc) is 3.39. The van der Waals surface area contributed by atoms with E-state index in [1.165, 1.54) is 5.69 Å². The second-order valence-electron chi connectivity index (χ2n) is 8.21. The summed E-state index contributed by atoms with van der Waals surface area (Å²) < 4.78 is 0. The van der Waals surface area contributed by atoms with Crippen LogP contribution in [0.25, 0.3) is 0 Å². The minimum Gasteiger partial charge on any atom is -0.368 e. The predicted molar refractivity (Wildman–Crippen MR) is 120 cm³/mol. The molecule has 162 valence electrons. The molecule has 2 amide bonds. The number of amides is 2. The second kappa shape index (κ2) is 10.0. The molecule has 1 aliphatic carbocycles. The van der Waals surface area contributed by atoms with Crippen molar-refractivity contribution in [3.63, 3.8) is 0 Å². The molecule has 2 N–H and O–H groups in total. The van der Waals surface area contributed by atoms with Gasteiger partial charge in [-0.05, 0) is 49.4 Å². The molecule has 2 heterocycles. The Hall–Kier alpha value is -1.50. The average molecular weight is 443 g/mol. The number of carbonyl (C=O) groups excluding carboxylic acids is 2. The van der Waals surface area contributed by atoms with E-state index in [0.29, 0.717) is 6.54 Å². The summed E-state index contributed by atoms with van der Waals surface area (Å²) >= 11 is 0. The van der Waals surface area contributed by atoms with Crippen molar-refractivity contribution in [2.75, 3.05) is 44.2 Å². The summed E-state index contributed by atoms with van der Waals surface area (Å²) in [6.07, 6.45) is 3.30. The van der Waals surface area contributed by atoms with E-state index >= 15 is 0 Å². The zero-order valence-corrected chi connectivity index (χ0v) is 18.6. The number of benzene rings is 1. The summed E-state index contributed by atoms with van der Waals surface area (Å²) in [6, 6.07) is 8.29. The van der Waals surface area contributed by atoms with Crippen LogP contribution in [0.2, 0.25) is 0 Å². The molecular weight excluding hydrogens is 411 g/mol. The first-order valence-corrected chi connectivity index (χ1v) is 10.2. The van der Waals surface area contributed by atoms with Crippen LogP contribution >= 0.6 is 24.8 Å². The van der Waals surface area contributed by atoms with Gasteiger partial charge in [-0.1, -0.05) is 18.2 Å².